The normalized spacial score (nSPS) is 32.1. The van der Waals surface area contributed by atoms with E-state index in [0.29, 0.717) is 24.2 Å². The second kappa shape index (κ2) is 5.10. The van der Waals surface area contributed by atoms with Crippen LogP contribution in [0.4, 0.5) is 0 Å². The van der Waals surface area contributed by atoms with Gasteiger partial charge in [0.2, 0.25) is 0 Å². The molecule has 1 aromatic rings. The highest BCUT2D eigenvalue weighted by Gasteiger charge is 2.47. The van der Waals surface area contributed by atoms with Crippen molar-refractivity contribution in [3.63, 3.8) is 0 Å². The second-order valence-corrected chi connectivity index (χ2v) is 6.27. The number of hydroxylamine groups is 2. The zero-order chi connectivity index (χ0) is 16.2. The number of rotatable bonds is 2. The summed E-state index contributed by atoms with van der Waals surface area (Å²) in [5.74, 6) is -1.61. The molecule has 0 spiro atoms. The Bertz CT molecular complexity index is 637. The van der Waals surface area contributed by atoms with Gasteiger partial charge in [0.25, 0.3) is 11.8 Å². The van der Waals surface area contributed by atoms with Crippen LogP contribution < -0.4 is 0 Å². The van der Waals surface area contributed by atoms with Crippen molar-refractivity contribution in [2.75, 3.05) is 6.61 Å². The Morgan fingerprint density at radius 3 is 2.35 bits per heavy atom. The lowest BCUT2D eigenvalue weighted by atomic mass is 10.1. The van der Waals surface area contributed by atoms with E-state index < -0.39 is 23.9 Å². The standard InChI is InChI=1S/C16H17NO6/c1-16(2)21-11-7-13(20-8-12(11)22-16)23-17-14(18)9-5-3-4-6-10(9)15(17)19/h3-6,11-13H,7-8H2,1-2H3/t11-,12+,13?/m0/s1. The predicted octanol–water partition coefficient (Wildman–Crippen LogP) is 1.48. The summed E-state index contributed by atoms with van der Waals surface area (Å²) in [7, 11) is 0. The van der Waals surface area contributed by atoms with Crippen LogP contribution in [-0.4, -0.2) is 47.8 Å². The summed E-state index contributed by atoms with van der Waals surface area (Å²) in [6, 6.07) is 6.63. The van der Waals surface area contributed by atoms with Crippen molar-refractivity contribution in [3.8, 4) is 0 Å². The lowest BCUT2D eigenvalue weighted by molar-refractivity contribution is -0.264. The topological polar surface area (TPSA) is 74.3 Å². The molecule has 7 nitrogen and oxygen atoms in total. The molecule has 122 valence electrons. The molecule has 0 radical (unpaired) electrons. The largest absolute Gasteiger partial charge is 0.347 e. The van der Waals surface area contributed by atoms with Crippen LogP contribution in [0.25, 0.3) is 0 Å². The lowest BCUT2D eigenvalue weighted by Crippen LogP contribution is -2.44. The molecule has 0 N–H and O–H groups in total. The van der Waals surface area contributed by atoms with Gasteiger partial charge in [0, 0.05) is 6.42 Å². The summed E-state index contributed by atoms with van der Waals surface area (Å²) in [6.07, 6.45) is -0.677. The SMILES string of the molecule is CC1(C)O[C@H]2CC(ON3C(=O)c4ccccc4C3=O)OC[C@H]2O1. The maximum absolute atomic E-state index is 12.3. The van der Waals surface area contributed by atoms with Gasteiger partial charge in [0.1, 0.15) is 6.10 Å². The fourth-order valence-electron chi connectivity index (χ4n) is 3.16. The van der Waals surface area contributed by atoms with Crippen LogP contribution in [-0.2, 0) is 19.0 Å². The van der Waals surface area contributed by atoms with Crippen LogP contribution in [0.15, 0.2) is 24.3 Å². The van der Waals surface area contributed by atoms with Gasteiger partial charge in [0.15, 0.2) is 12.1 Å². The Morgan fingerprint density at radius 1 is 1.09 bits per heavy atom. The van der Waals surface area contributed by atoms with Crippen LogP contribution >= 0.6 is 0 Å². The summed E-state index contributed by atoms with van der Waals surface area (Å²) in [5.41, 5.74) is 0.681. The van der Waals surface area contributed by atoms with Gasteiger partial charge in [-0.1, -0.05) is 12.1 Å². The van der Waals surface area contributed by atoms with Crippen LogP contribution in [0.2, 0.25) is 0 Å². The first-order valence-electron chi connectivity index (χ1n) is 7.56. The number of fused-ring (bicyclic) bond motifs is 2. The predicted molar refractivity (Wildman–Crippen MR) is 76.2 cm³/mol. The molecule has 4 rings (SSSR count). The molecular weight excluding hydrogens is 302 g/mol. The minimum Gasteiger partial charge on any atom is -0.347 e. The highest BCUT2D eigenvalue weighted by molar-refractivity contribution is 6.20. The van der Waals surface area contributed by atoms with Gasteiger partial charge in [-0.25, -0.2) is 4.84 Å². The number of carbonyl (C=O) groups is 2. The van der Waals surface area contributed by atoms with Crippen LogP contribution in [0.5, 0.6) is 0 Å². The molecule has 3 atom stereocenters. The van der Waals surface area contributed by atoms with E-state index in [-0.39, 0.29) is 12.2 Å². The molecule has 1 aromatic carbocycles. The molecule has 3 heterocycles. The number of hydrogen-bond donors (Lipinski definition) is 0. The smallest absolute Gasteiger partial charge is 0.285 e. The fourth-order valence-corrected chi connectivity index (χ4v) is 3.16. The van der Waals surface area contributed by atoms with E-state index in [1.165, 1.54) is 0 Å². The van der Waals surface area contributed by atoms with Crippen molar-refractivity contribution < 1.29 is 28.6 Å². The van der Waals surface area contributed by atoms with Crippen LogP contribution in [0.3, 0.4) is 0 Å². The molecule has 0 saturated carbocycles. The molecule has 7 heteroatoms. The average Bonchev–Trinajstić information content (AvgIpc) is 2.95. The zero-order valence-electron chi connectivity index (χ0n) is 12.9. The molecule has 3 aliphatic heterocycles. The van der Waals surface area contributed by atoms with Crippen LogP contribution in [0.1, 0.15) is 41.0 Å². The minimum absolute atomic E-state index is 0.160. The quantitative estimate of drug-likeness (QED) is 0.769. The van der Waals surface area contributed by atoms with E-state index in [1.807, 2.05) is 13.8 Å². The van der Waals surface area contributed by atoms with Gasteiger partial charge in [-0.3, -0.25) is 9.59 Å². The van der Waals surface area contributed by atoms with Crippen molar-refractivity contribution in [2.24, 2.45) is 0 Å². The van der Waals surface area contributed by atoms with E-state index in [0.717, 1.165) is 5.06 Å². The molecule has 2 fully saturated rings. The molecule has 1 unspecified atom stereocenters. The maximum atomic E-state index is 12.3. The van der Waals surface area contributed by atoms with Gasteiger partial charge in [-0.15, -0.1) is 5.06 Å². The number of amides is 2. The zero-order valence-corrected chi connectivity index (χ0v) is 12.9. The van der Waals surface area contributed by atoms with Crippen molar-refractivity contribution in [2.45, 2.75) is 44.6 Å². The van der Waals surface area contributed by atoms with Crippen molar-refractivity contribution in [3.05, 3.63) is 35.4 Å². The number of benzene rings is 1. The number of hydrogen-bond acceptors (Lipinski definition) is 6. The molecule has 0 aliphatic carbocycles. The maximum Gasteiger partial charge on any atom is 0.285 e. The molecule has 2 amide bonds. The van der Waals surface area contributed by atoms with E-state index in [9.17, 15) is 9.59 Å². The van der Waals surface area contributed by atoms with Gasteiger partial charge in [-0.05, 0) is 26.0 Å². The third kappa shape index (κ3) is 2.46. The van der Waals surface area contributed by atoms with Gasteiger partial charge in [0.05, 0.1) is 23.8 Å². The Balaban J connectivity index is 1.46. The monoisotopic (exact) mass is 319 g/mol. The van der Waals surface area contributed by atoms with E-state index in [1.54, 1.807) is 24.3 Å². The summed E-state index contributed by atoms with van der Waals surface area (Å²) in [6.45, 7) is 3.97. The van der Waals surface area contributed by atoms with Crippen molar-refractivity contribution in [1.82, 2.24) is 5.06 Å². The number of nitrogens with zero attached hydrogens (tertiary/aromatic N) is 1. The average molecular weight is 319 g/mol. The summed E-state index contributed by atoms with van der Waals surface area (Å²) in [5, 5.41) is 0.774. The second-order valence-electron chi connectivity index (χ2n) is 6.27. The third-order valence-corrected chi connectivity index (χ3v) is 4.14. The van der Waals surface area contributed by atoms with E-state index in [2.05, 4.69) is 0 Å². The summed E-state index contributed by atoms with van der Waals surface area (Å²) < 4.78 is 17.1. The Hall–Kier alpha value is -1.80. The van der Waals surface area contributed by atoms with E-state index in [4.69, 9.17) is 19.0 Å². The highest BCUT2D eigenvalue weighted by atomic mass is 16.8. The van der Waals surface area contributed by atoms with Gasteiger partial charge >= 0.3 is 0 Å². The van der Waals surface area contributed by atoms with Gasteiger partial charge in [-0.2, -0.15) is 0 Å². The molecule has 2 saturated heterocycles. The van der Waals surface area contributed by atoms with Gasteiger partial charge < -0.3 is 14.2 Å². The first-order valence-corrected chi connectivity index (χ1v) is 7.56. The Labute approximate surface area is 133 Å². The molecule has 3 aliphatic rings. The molecular formula is C16H17NO6. The first kappa shape index (κ1) is 14.8. The highest BCUT2D eigenvalue weighted by Crippen LogP contribution is 2.35. The first-order chi connectivity index (χ1) is 10.9. The number of ether oxygens (including phenoxy) is 3. The summed E-state index contributed by atoms with van der Waals surface area (Å²) >= 11 is 0. The Kier molecular flexibility index (Phi) is 3.28. The van der Waals surface area contributed by atoms with Crippen molar-refractivity contribution >= 4 is 11.8 Å². The minimum atomic E-state index is -0.726. The molecule has 0 aromatic heterocycles. The summed E-state index contributed by atoms with van der Waals surface area (Å²) in [4.78, 5) is 30.1. The lowest BCUT2D eigenvalue weighted by Gasteiger charge is -2.30. The molecule has 0 bridgehead atoms. The number of imide groups is 1. The third-order valence-electron chi connectivity index (χ3n) is 4.14. The van der Waals surface area contributed by atoms with E-state index >= 15 is 0 Å². The Morgan fingerprint density at radius 2 is 1.70 bits per heavy atom. The number of carbonyl (C=O) groups excluding carboxylic acids is 2. The fraction of sp³-hybridized carbons (Fsp3) is 0.500. The van der Waals surface area contributed by atoms with Crippen molar-refractivity contribution in [1.29, 1.82) is 0 Å². The molecule has 23 heavy (non-hydrogen) atoms. The van der Waals surface area contributed by atoms with Crippen LogP contribution in [0, 0.1) is 0 Å².